The first-order valence-corrected chi connectivity index (χ1v) is 5.55. The Hall–Kier alpha value is -2.06. The molecule has 5 heteroatoms. The zero-order chi connectivity index (χ0) is 13.4. The van der Waals surface area contributed by atoms with Crippen molar-refractivity contribution in [2.45, 2.75) is 19.9 Å². The van der Waals surface area contributed by atoms with Crippen LogP contribution in [0.25, 0.3) is 0 Å². The fraction of sp³-hybridized carbons (Fsp3) is 0.308. The Morgan fingerprint density at radius 3 is 2.94 bits per heavy atom. The Balaban J connectivity index is 2.59. The van der Waals surface area contributed by atoms with E-state index >= 15 is 0 Å². The minimum absolute atomic E-state index is 0.105. The zero-order valence-corrected chi connectivity index (χ0v) is 10.2. The minimum Gasteiger partial charge on any atom is -0.409 e. The van der Waals surface area contributed by atoms with Crippen LogP contribution < -0.4 is 11.1 Å². The van der Waals surface area contributed by atoms with Gasteiger partial charge in [0.2, 0.25) is 0 Å². The first kappa shape index (κ1) is 14.0. The highest BCUT2D eigenvalue weighted by atomic mass is 19.1. The molecule has 0 aliphatic heterocycles. The van der Waals surface area contributed by atoms with Gasteiger partial charge in [0, 0.05) is 30.6 Å². The van der Waals surface area contributed by atoms with Crippen LogP contribution in [0.5, 0.6) is 0 Å². The van der Waals surface area contributed by atoms with Gasteiger partial charge >= 0.3 is 0 Å². The van der Waals surface area contributed by atoms with Gasteiger partial charge in [-0.15, -0.1) is 11.8 Å². The predicted octanol–water partition coefficient (Wildman–Crippen LogP) is 1.42. The average Bonchev–Trinajstić information content (AvgIpc) is 2.39. The van der Waals surface area contributed by atoms with Crippen molar-refractivity contribution in [1.82, 2.24) is 5.32 Å². The van der Waals surface area contributed by atoms with E-state index < -0.39 is 0 Å². The topological polar surface area (TPSA) is 70.6 Å². The molecule has 18 heavy (non-hydrogen) atoms. The van der Waals surface area contributed by atoms with Gasteiger partial charge in [0.25, 0.3) is 0 Å². The van der Waals surface area contributed by atoms with Crippen molar-refractivity contribution in [3.63, 3.8) is 0 Å². The maximum absolute atomic E-state index is 13.7. The molecule has 0 aliphatic rings. The van der Waals surface area contributed by atoms with Gasteiger partial charge in [0.15, 0.2) is 5.84 Å². The first-order valence-electron chi connectivity index (χ1n) is 5.55. The summed E-state index contributed by atoms with van der Waals surface area (Å²) in [7, 11) is 0. The third-order valence-corrected chi connectivity index (χ3v) is 2.38. The number of nitrogens with two attached hydrogens (primary N) is 1. The van der Waals surface area contributed by atoms with Crippen molar-refractivity contribution in [3.05, 3.63) is 35.1 Å². The maximum Gasteiger partial charge on any atom is 0.170 e. The van der Waals surface area contributed by atoms with Gasteiger partial charge in [0.05, 0.1) is 0 Å². The summed E-state index contributed by atoms with van der Waals surface area (Å²) in [4.78, 5) is 0. The second-order valence-electron chi connectivity index (χ2n) is 3.64. The van der Waals surface area contributed by atoms with E-state index in [0.717, 1.165) is 6.42 Å². The second-order valence-corrected chi connectivity index (χ2v) is 3.64. The number of halogens is 1. The maximum atomic E-state index is 13.7. The summed E-state index contributed by atoms with van der Waals surface area (Å²) in [6.45, 7) is 2.92. The van der Waals surface area contributed by atoms with Gasteiger partial charge in [0.1, 0.15) is 5.82 Å². The normalized spacial score (nSPS) is 10.9. The van der Waals surface area contributed by atoms with E-state index in [1.807, 2.05) is 0 Å². The van der Waals surface area contributed by atoms with Gasteiger partial charge < -0.3 is 16.3 Å². The highest BCUT2D eigenvalue weighted by molar-refractivity contribution is 5.97. The zero-order valence-electron chi connectivity index (χ0n) is 10.2. The molecule has 0 aromatic heterocycles. The number of oxime groups is 1. The lowest BCUT2D eigenvalue weighted by Crippen LogP contribution is -2.17. The van der Waals surface area contributed by atoms with Gasteiger partial charge in [-0.3, -0.25) is 0 Å². The van der Waals surface area contributed by atoms with E-state index in [9.17, 15) is 4.39 Å². The van der Waals surface area contributed by atoms with Gasteiger partial charge in [-0.05, 0) is 13.0 Å². The average molecular weight is 249 g/mol. The summed E-state index contributed by atoms with van der Waals surface area (Å²) in [5, 5.41) is 14.4. The molecule has 0 saturated heterocycles. The van der Waals surface area contributed by atoms with E-state index in [1.165, 1.54) is 6.07 Å². The Morgan fingerprint density at radius 1 is 1.56 bits per heavy atom. The van der Waals surface area contributed by atoms with Crippen LogP contribution in [0.3, 0.4) is 0 Å². The van der Waals surface area contributed by atoms with Crippen LogP contribution in [-0.4, -0.2) is 17.6 Å². The lowest BCUT2D eigenvalue weighted by atomic mass is 10.1. The van der Waals surface area contributed by atoms with Gasteiger partial charge in [-0.2, -0.15) is 0 Å². The number of benzene rings is 1. The molecule has 1 aromatic rings. The number of nitrogens with one attached hydrogen (secondary N) is 1. The number of nitrogens with zero attached hydrogens (tertiary/aromatic N) is 1. The van der Waals surface area contributed by atoms with Crippen molar-refractivity contribution < 1.29 is 9.60 Å². The molecule has 4 N–H and O–H groups in total. The van der Waals surface area contributed by atoms with Crippen molar-refractivity contribution >= 4 is 5.84 Å². The van der Waals surface area contributed by atoms with Crippen molar-refractivity contribution in [2.24, 2.45) is 10.9 Å². The molecule has 1 rings (SSSR count). The molecule has 0 saturated carbocycles. The Bertz CT molecular complexity index is 489. The SMILES string of the molecule is CC#CCCNCc1ccc(/C(N)=N/O)cc1F. The molecule has 0 unspecified atom stereocenters. The van der Waals surface area contributed by atoms with Crippen LogP contribution in [0.1, 0.15) is 24.5 Å². The van der Waals surface area contributed by atoms with E-state index in [2.05, 4.69) is 22.3 Å². The van der Waals surface area contributed by atoms with Crippen LogP contribution in [0.4, 0.5) is 4.39 Å². The quantitative estimate of drug-likeness (QED) is 0.185. The smallest absolute Gasteiger partial charge is 0.170 e. The molecule has 0 aliphatic carbocycles. The minimum atomic E-state index is -0.381. The molecular formula is C13H16FN3O. The van der Waals surface area contributed by atoms with Crippen LogP contribution in [0.2, 0.25) is 0 Å². The molecule has 0 spiro atoms. The van der Waals surface area contributed by atoms with Gasteiger partial charge in [-0.25, -0.2) is 4.39 Å². The fourth-order valence-corrected chi connectivity index (χ4v) is 1.41. The summed E-state index contributed by atoms with van der Waals surface area (Å²) in [5.41, 5.74) is 6.26. The third kappa shape index (κ3) is 4.07. The summed E-state index contributed by atoms with van der Waals surface area (Å²) >= 11 is 0. The van der Waals surface area contributed by atoms with Crippen LogP contribution >= 0.6 is 0 Å². The molecule has 0 bridgehead atoms. The van der Waals surface area contributed by atoms with E-state index in [1.54, 1.807) is 19.1 Å². The number of amidine groups is 1. The van der Waals surface area contributed by atoms with Crippen molar-refractivity contribution in [1.29, 1.82) is 0 Å². The molecule has 96 valence electrons. The third-order valence-electron chi connectivity index (χ3n) is 2.38. The molecule has 0 amide bonds. The summed E-state index contributed by atoms with van der Waals surface area (Å²) in [5.74, 6) is 5.22. The fourth-order valence-electron chi connectivity index (χ4n) is 1.41. The largest absolute Gasteiger partial charge is 0.409 e. The summed E-state index contributed by atoms with van der Waals surface area (Å²) < 4.78 is 13.7. The Labute approximate surface area is 106 Å². The standard InChI is InChI=1S/C13H16FN3O/c1-2-3-4-7-16-9-11-6-5-10(8-12(11)14)13(15)17-18/h5-6,8,16,18H,4,7,9H2,1H3,(H2,15,17). The summed E-state index contributed by atoms with van der Waals surface area (Å²) in [6.07, 6.45) is 0.736. The molecule has 4 nitrogen and oxygen atoms in total. The number of hydrogen-bond acceptors (Lipinski definition) is 3. The molecule has 1 aromatic carbocycles. The van der Waals surface area contributed by atoms with Crippen LogP contribution in [-0.2, 0) is 6.54 Å². The highest BCUT2D eigenvalue weighted by Crippen LogP contribution is 2.10. The second kappa shape index (κ2) is 7.30. The number of rotatable bonds is 5. The van der Waals surface area contributed by atoms with Gasteiger partial charge in [-0.1, -0.05) is 17.3 Å². The molecule has 0 atom stereocenters. The van der Waals surface area contributed by atoms with E-state index in [4.69, 9.17) is 10.9 Å². The Kier molecular flexibility index (Phi) is 5.68. The lowest BCUT2D eigenvalue weighted by Gasteiger charge is -2.06. The highest BCUT2D eigenvalue weighted by Gasteiger charge is 2.05. The molecule has 0 radical (unpaired) electrons. The molecular weight excluding hydrogens is 233 g/mol. The monoisotopic (exact) mass is 249 g/mol. The molecule has 0 fully saturated rings. The van der Waals surface area contributed by atoms with Crippen LogP contribution in [0.15, 0.2) is 23.4 Å². The first-order chi connectivity index (χ1) is 8.69. The summed E-state index contributed by atoms with van der Waals surface area (Å²) in [6, 6.07) is 4.47. The lowest BCUT2D eigenvalue weighted by molar-refractivity contribution is 0.318. The predicted molar refractivity (Wildman–Crippen MR) is 68.7 cm³/mol. The van der Waals surface area contributed by atoms with E-state index in [0.29, 0.717) is 24.2 Å². The molecule has 0 heterocycles. The number of hydrogen-bond donors (Lipinski definition) is 3. The van der Waals surface area contributed by atoms with Crippen molar-refractivity contribution in [2.75, 3.05) is 6.54 Å². The van der Waals surface area contributed by atoms with E-state index in [-0.39, 0.29) is 11.7 Å². The van der Waals surface area contributed by atoms with Crippen LogP contribution in [0, 0.1) is 17.7 Å². The van der Waals surface area contributed by atoms with Crippen molar-refractivity contribution in [3.8, 4) is 11.8 Å². The Morgan fingerprint density at radius 2 is 2.33 bits per heavy atom.